The summed E-state index contributed by atoms with van der Waals surface area (Å²) >= 11 is 0. The second-order valence-electron chi connectivity index (χ2n) is 7.71. The summed E-state index contributed by atoms with van der Waals surface area (Å²) in [6.07, 6.45) is -1.61. The molecule has 0 aliphatic carbocycles. The maximum atomic E-state index is 13.8. The number of carboxylic acids is 1. The Morgan fingerprint density at radius 1 is 1.27 bits per heavy atom. The molecule has 5 nitrogen and oxygen atoms in total. The van der Waals surface area contributed by atoms with E-state index in [2.05, 4.69) is 4.90 Å². The van der Waals surface area contributed by atoms with Crippen LogP contribution in [0, 0.1) is 17.2 Å². The lowest BCUT2D eigenvalue weighted by molar-refractivity contribution is -0.192. The van der Waals surface area contributed by atoms with Gasteiger partial charge in [0.05, 0.1) is 13.2 Å². The number of piperidine rings is 1. The number of benzene rings is 1. The Balaban J connectivity index is 0.000000396. The molecule has 170 valence electrons. The van der Waals surface area contributed by atoms with E-state index in [9.17, 15) is 17.6 Å². The minimum atomic E-state index is -5.08. The first-order valence-corrected chi connectivity index (χ1v) is 10.1. The summed E-state index contributed by atoms with van der Waals surface area (Å²) in [6, 6.07) is 7.12. The number of rotatable bonds is 5. The van der Waals surface area contributed by atoms with Gasteiger partial charge in [-0.3, -0.25) is 4.90 Å². The molecule has 9 heteroatoms. The van der Waals surface area contributed by atoms with Crippen molar-refractivity contribution in [1.82, 2.24) is 4.90 Å². The van der Waals surface area contributed by atoms with Crippen LogP contribution in [0.1, 0.15) is 31.7 Å². The Morgan fingerprint density at radius 3 is 2.47 bits per heavy atom. The van der Waals surface area contributed by atoms with Crippen molar-refractivity contribution in [2.75, 3.05) is 39.5 Å². The highest BCUT2D eigenvalue weighted by molar-refractivity contribution is 5.73. The van der Waals surface area contributed by atoms with Crippen LogP contribution < -0.4 is 0 Å². The maximum Gasteiger partial charge on any atom is 0.490 e. The lowest BCUT2D eigenvalue weighted by Gasteiger charge is -2.49. The molecule has 1 unspecified atom stereocenters. The number of alkyl halides is 3. The Morgan fingerprint density at radius 2 is 1.90 bits per heavy atom. The summed E-state index contributed by atoms with van der Waals surface area (Å²) in [7, 11) is 0. The molecular weight excluding hydrogens is 406 g/mol. The largest absolute Gasteiger partial charge is 0.490 e. The molecule has 2 aliphatic heterocycles. The molecule has 0 aromatic heterocycles. The number of ether oxygens (including phenoxy) is 2. The molecule has 3 rings (SSSR count). The van der Waals surface area contributed by atoms with Crippen LogP contribution in [0.5, 0.6) is 0 Å². The lowest BCUT2D eigenvalue weighted by atomic mass is 9.66. The van der Waals surface area contributed by atoms with Crippen molar-refractivity contribution in [1.29, 1.82) is 0 Å². The SMILES string of the molecule is CCOCC1COCCC12CCN(Cc1ccccc1F)CC2.O=C(O)C(F)(F)F. The molecule has 2 aliphatic rings. The zero-order valence-electron chi connectivity index (χ0n) is 17.1. The van der Waals surface area contributed by atoms with E-state index in [1.54, 1.807) is 12.1 Å². The van der Waals surface area contributed by atoms with Crippen LogP contribution >= 0.6 is 0 Å². The van der Waals surface area contributed by atoms with Crippen molar-refractivity contribution >= 4 is 5.97 Å². The van der Waals surface area contributed by atoms with E-state index in [0.717, 1.165) is 58.0 Å². The van der Waals surface area contributed by atoms with E-state index in [1.807, 2.05) is 19.1 Å². The van der Waals surface area contributed by atoms with E-state index in [-0.39, 0.29) is 5.82 Å². The number of hydrogen-bond donors (Lipinski definition) is 1. The standard InChI is InChI=1S/C19H28FNO2.C2HF3O2/c1-2-22-14-17-15-23-12-9-19(17)7-10-21(11-8-19)13-16-5-3-4-6-18(16)20;3-2(4,5)1(6)7/h3-6,17H,2,7-15H2,1H3;(H,6,7). The minimum absolute atomic E-state index is 0.0897. The van der Waals surface area contributed by atoms with Crippen LogP contribution in [0.15, 0.2) is 24.3 Å². The third-order valence-electron chi connectivity index (χ3n) is 5.90. The molecule has 1 aromatic carbocycles. The van der Waals surface area contributed by atoms with Crippen LogP contribution in [-0.2, 0) is 20.8 Å². The number of carbonyl (C=O) groups is 1. The van der Waals surface area contributed by atoms with Gasteiger partial charge in [0.1, 0.15) is 5.82 Å². The van der Waals surface area contributed by atoms with Crippen molar-refractivity contribution in [2.24, 2.45) is 11.3 Å². The molecule has 1 spiro atoms. The highest BCUT2D eigenvalue weighted by atomic mass is 19.4. The van der Waals surface area contributed by atoms with Crippen LogP contribution in [0.2, 0.25) is 0 Å². The molecule has 0 amide bonds. The van der Waals surface area contributed by atoms with Crippen LogP contribution in [0.25, 0.3) is 0 Å². The second kappa shape index (κ2) is 11.1. The molecule has 2 heterocycles. The predicted molar refractivity (Wildman–Crippen MR) is 102 cm³/mol. The van der Waals surface area contributed by atoms with Crippen molar-refractivity contribution < 1.29 is 36.9 Å². The summed E-state index contributed by atoms with van der Waals surface area (Å²) in [6.45, 7) is 8.12. The van der Waals surface area contributed by atoms with E-state index >= 15 is 0 Å². The smallest absolute Gasteiger partial charge is 0.475 e. The van der Waals surface area contributed by atoms with E-state index in [1.165, 1.54) is 12.8 Å². The normalized spacial score (nSPS) is 21.7. The van der Waals surface area contributed by atoms with Gasteiger partial charge in [0, 0.05) is 31.2 Å². The highest BCUT2D eigenvalue weighted by Crippen LogP contribution is 2.45. The van der Waals surface area contributed by atoms with Crippen LogP contribution in [0.4, 0.5) is 17.6 Å². The Bertz CT molecular complexity index is 675. The van der Waals surface area contributed by atoms with Gasteiger partial charge in [-0.1, -0.05) is 18.2 Å². The fraction of sp³-hybridized carbons (Fsp3) is 0.667. The minimum Gasteiger partial charge on any atom is -0.475 e. The first-order chi connectivity index (χ1) is 14.2. The quantitative estimate of drug-likeness (QED) is 0.706. The summed E-state index contributed by atoms with van der Waals surface area (Å²) in [5.41, 5.74) is 1.17. The molecule has 0 saturated carbocycles. The van der Waals surface area contributed by atoms with Gasteiger partial charge in [0.2, 0.25) is 0 Å². The molecule has 1 aromatic rings. The van der Waals surface area contributed by atoms with Crippen molar-refractivity contribution in [3.05, 3.63) is 35.6 Å². The zero-order chi connectivity index (χ0) is 22.2. The fourth-order valence-corrected chi connectivity index (χ4v) is 4.05. The second-order valence-corrected chi connectivity index (χ2v) is 7.71. The highest BCUT2D eigenvalue weighted by Gasteiger charge is 2.43. The van der Waals surface area contributed by atoms with Gasteiger partial charge in [0.25, 0.3) is 0 Å². The first kappa shape index (κ1) is 24.6. The third kappa shape index (κ3) is 6.92. The van der Waals surface area contributed by atoms with Crippen molar-refractivity contribution in [2.45, 2.75) is 38.9 Å². The number of nitrogens with zero attached hydrogens (tertiary/aromatic N) is 1. The number of halogens is 4. The van der Waals surface area contributed by atoms with Gasteiger partial charge in [-0.15, -0.1) is 0 Å². The van der Waals surface area contributed by atoms with Crippen molar-refractivity contribution in [3.8, 4) is 0 Å². The lowest BCUT2D eigenvalue weighted by Crippen LogP contribution is -2.49. The average molecular weight is 435 g/mol. The van der Waals surface area contributed by atoms with Gasteiger partial charge in [0.15, 0.2) is 0 Å². The Hall–Kier alpha value is -1.71. The zero-order valence-corrected chi connectivity index (χ0v) is 17.1. The molecule has 30 heavy (non-hydrogen) atoms. The van der Waals surface area contributed by atoms with E-state index in [0.29, 0.717) is 11.3 Å². The van der Waals surface area contributed by atoms with Gasteiger partial charge < -0.3 is 14.6 Å². The monoisotopic (exact) mass is 435 g/mol. The molecule has 0 bridgehead atoms. The number of carboxylic acid groups (broad SMARTS) is 1. The summed E-state index contributed by atoms with van der Waals surface area (Å²) in [5, 5.41) is 7.12. The number of aliphatic carboxylic acids is 1. The predicted octanol–water partition coefficient (Wildman–Crippen LogP) is 4.11. The van der Waals surface area contributed by atoms with Gasteiger partial charge >= 0.3 is 12.1 Å². The number of hydrogen-bond acceptors (Lipinski definition) is 4. The molecular formula is C21H29F4NO4. The van der Waals surface area contributed by atoms with Crippen LogP contribution in [0.3, 0.4) is 0 Å². The fourth-order valence-electron chi connectivity index (χ4n) is 4.05. The molecule has 0 radical (unpaired) electrons. The Kier molecular flexibility index (Phi) is 9.06. The Labute approximate surface area is 174 Å². The van der Waals surface area contributed by atoms with Crippen molar-refractivity contribution in [3.63, 3.8) is 0 Å². The van der Waals surface area contributed by atoms with Gasteiger partial charge in [-0.25, -0.2) is 9.18 Å². The van der Waals surface area contributed by atoms with E-state index < -0.39 is 12.1 Å². The summed E-state index contributed by atoms with van der Waals surface area (Å²) in [5.74, 6) is -2.34. The topological polar surface area (TPSA) is 59.0 Å². The summed E-state index contributed by atoms with van der Waals surface area (Å²) < 4.78 is 57.0. The molecule has 2 saturated heterocycles. The number of likely N-dealkylation sites (tertiary alicyclic amines) is 1. The maximum absolute atomic E-state index is 13.8. The van der Waals surface area contributed by atoms with Gasteiger partial charge in [-0.05, 0) is 50.8 Å². The molecule has 1 atom stereocenters. The van der Waals surface area contributed by atoms with E-state index in [4.69, 9.17) is 19.4 Å². The molecule has 2 fully saturated rings. The average Bonchev–Trinajstić information content (AvgIpc) is 2.71. The third-order valence-corrected chi connectivity index (χ3v) is 5.90. The first-order valence-electron chi connectivity index (χ1n) is 10.1. The van der Waals surface area contributed by atoms with Crippen LogP contribution in [-0.4, -0.2) is 61.7 Å². The summed E-state index contributed by atoms with van der Waals surface area (Å²) in [4.78, 5) is 11.3. The van der Waals surface area contributed by atoms with Gasteiger partial charge in [-0.2, -0.15) is 13.2 Å². The molecule has 1 N–H and O–H groups in total.